The summed E-state index contributed by atoms with van der Waals surface area (Å²) in [6.45, 7) is 4.28. The summed E-state index contributed by atoms with van der Waals surface area (Å²) >= 11 is 0. The van der Waals surface area contributed by atoms with E-state index in [4.69, 9.17) is 9.84 Å². The second-order valence-electron chi connectivity index (χ2n) is 3.99. The lowest BCUT2D eigenvalue weighted by molar-refractivity contribution is 0.115. The van der Waals surface area contributed by atoms with Crippen LogP contribution in [0.1, 0.15) is 65.2 Å². The quantitative estimate of drug-likeness (QED) is 0.352. The first-order valence-corrected chi connectivity index (χ1v) is 6.30. The van der Waals surface area contributed by atoms with E-state index in [2.05, 4.69) is 13.8 Å². The summed E-state index contributed by atoms with van der Waals surface area (Å²) in [5, 5.41) is 8.58. The molecule has 16 heavy (non-hydrogen) atoms. The third-order valence-corrected chi connectivity index (χ3v) is 2.42. The molecule has 0 atom stereocenters. The highest BCUT2D eigenvalue weighted by Crippen LogP contribution is 2.13. The molecule has 0 aromatic carbocycles. The predicted molar refractivity (Wildman–Crippen MR) is 65.5 cm³/mol. The van der Waals surface area contributed by atoms with Gasteiger partial charge in [-0.15, -0.1) is 0 Å². The third kappa shape index (κ3) is 9.56. The Bertz CT molecular complexity index is 209. The van der Waals surface area contributed by atoms with Crippen LogP contribution >= 0.6 is 0 Å². The molecule has 0 aliphatic heterocycles. The maximum absolute atomic E-state index is 10.5. The van der Waals surface area contributed by atoms with Gasteiger partial charge in [-0.05, 0) is 25.3 Å². The number of carbonyl (C=O) groups is 1. The molecule has 0 rings (SSSR count). The lowest BCUT2D eigenvalue weighted by atomic mass is 10.1. The van der Waals surface area contributed by atoms with Crippen molar-refractivity contribution in [2.24, 2.45) is 0 Å². The molecule has 0 saturated heterocycles. The van der Waals surface area contributed by atoms with Crippen molar-refractivity contribution in [1.29, 1.82) is 0 Å². The van der Waals surface area contributed by atoms with E-state index in [9.17, 15) is 4.79 Å². The topological polar surface area (TPSA) is 46.5 Å². The van der Waals surface area contributed by atoms with Crippen molar-refractivity contribution in [3.63, 3.8) is 0 Å². The van der Waals surface area contributed by atoms with E-state index in [0.717, 1.165) is 38.5 Å². The first kappa shape index (κ1) is 15.0. The molecular weight excluding hydrogens is 204 g/mol. The number of hydrogen-bond donors (Lipinski definition) is 1. The fourth-order valence-corrected chi connectivity index (χ4v) is 1.50. The number of rotatable bonds is 9. The minimum Gasteiger partial charge on any atom is -0.449 e. The Labute approximate surface area is 98.5 Å². The number of hydrogen-bond acceptors (Lipinski definition) is 2. The normalized spacial score (nSPS) is 11.5. The van der Waals surface area contributed by atoms with Gasteiger partial charge in [0, 0.05) is 6.42 Å². The molecule has 0 bridgehead atoms. The summed E-state index contributed by atoms with van der Waals surface area (Å²) in [6.07, 6.45) is 9.13. The van der Waals surface area contributed by atoms with Crippen LogP contribution < -0.4 is 0 Å². The minimum atomic E-state index is -1.20. The Morgan fingerprint density at radius 3 is 2.38 bits per heavy atom. The lowest BCUT2D eigenvalue weighted by Gasteiger charge is -2.05. The van der Waals surface area contributed by atoms with Gasteiger partial charge in [0.1, 0.15) is 5.76 Å². The van der Waals surface area contributed by atoms with Crippen LogP contribution in [0, 0.1) is 0 Å². The molecule has 0 saturated carbocycles. The summed E-state index contributed by atoms with van der Waals surface area (Å²) in [5.74, 6) is 0.622. The molecule has 0 fully saturated rings. The number of ether oxygens (including phenoxy) is 1. The highest BCUT2D eigenvalue weighted by atomic mass is 16.7. The SMILES string of the molecule is CCCCC=C(CCCCCC)OC(=O)O. The molecule has 0 aliphatic rings. The maximum Gasteiger partial charge on any atom is 0.511 e. The van der Waals surface area contributed by atoms with Crippen LogP contribution in [0.4, 0.5) is 4.79 Å². The van der Waals surface area contributed by atoms with E-state index in [0.29, 0.717) is 5.76 Å². The zero-order valence-electron chi connectivity index (χ0n) is 10.5. The van der Waals surface area contributed by atoms with Gasteiger partial charge in [0.05, 0.1) is 0 Å². The van der Waals surface area contributed by atoms with E-state index in [1.807, 2.05) is 6.08 Å². The van der Waals surface area contributed by atoms with Crippen LogP contribution in [0.2, 0.25) is 0 Å². The van der Waals surface area contributed by atoms with E-state index >= 15 is 0 Å². The Kier molecular flexibility index (Phi) is 9.87. The second kappa shape index (κ2) is 10.5. The highest BCUT2D eigenvalue weighted by molar-refractivity contribution is 5.58. The lowest BCUT2D eigenvalue weighted by Crippen LogP contribution is -2.00. The van der Waals surface area contributed by atoms with Crippen molar-refractivity contribution in [3.05, 3.63) is 11.8 Å². The molecule has 3 heteroatoms. The molecule has 0 aliphatic carbocycles. The molecule has 3 nitrogen and oxygen atoms in total. The molecule has 0 unspecified atom stereocenters. The van der Waals surface area contributed by atoms with Gasteiger partial charge in [0.15, 0.2) is 0 Å². The molecule has 0 heterocycles. The van der Waals surface area contributed by atoms with Gasteiger partial charge in [0.2, 0.25) is 0 Å². The first-order valence-electron chi connectivity index (χ1n) is 6.30. The fourth-order valence-electron chi connectivity index (χ4n) is 1.50. The molecule has 1 N–H and O–H groups in total. The van der Waals surface area contributed by atoms with Crippen LogP contribution in [-0.2, 0) is 4.74 Å². The monoisotopic (exact) mass is 228 g/mol. The van der Waals surface area contributed by atoms with E-state index in [-0.39, 0.29) is 0 Å². The van der Waals surface area contributed by atoms with Crippen molar-refractivity contribution in [1.82, 2.24) is 0 Å². The van der Waals surface area contributed by atoms with Gasteiger partial charge in [-0.1, -0.05) is 39.5 Å². The Balaban J connectivity index is 3.89. The number of unbranched alkanes of at least 4 members (excludes halogenated alkanes) is 5. The van der Waals surface area contributed by atoms with Crippen LogP contribution in [0.3, 0.4) is 0 Å². The van der Waals surface area contributed by atoms with Gasteiger partial charge in [-0.3, -0.25) is 0 Å². The van der Waals surface area contributed by atoms with Crippen molar-refractivity contribution >= 4 is 6.16 Å². The summed E-state index contributed by atoms with van der Waals surface area (Å²) in [7, 11) is 0. The van der Waals surface area contributed by atoms with Gasteiger partial charge in [-0.2, -0.15) is 0 Å². The smallest absolute Gasteiger partial charge is 0.449 e. The van der Waals surface area contributed by atoms with Gasteiger partial charge < -0.3 is 9.84 Å². The molecule has 0 spiro atoms. The zero-order valence-corrected chi connectivity index (χ0v) is 10.5. The summed E-state index contributed by atoms with van der Waals surface area (Å²) < 4.78 is 4.75. The largest absolute Gasteiger partial charge is 0.511 e. The van der Waals surface area contributed by atoms with Crippen molar-refractivity contribution in [3.8, 4) is 0 Å². The maximum atomic E-state index is 10.5. The van der Waals surface area contributed by atoms with Gasteiger partial charge >= 0.3 is 6.16 Å². The zero-order chi connectivity index (χ0) is 12.2. The number of allylic oxidation sites excluding steroid dienone is 2. The molecule has 94 valence electrons. The van der Waals surface area contributed by atoms with E-state index < -0.39 is 6.16 Å². The van der Waals surface area contributed by atoms with Crippen molar-refractivity contribution in [2.45, 2.75) is 65.2 Å². The summed E-state index contributed by atoms with van der Waals surface area (Å²) in [5.41, 5.74) is 0. The first-order chi connectivity index (χ1) is 7.70. The predicted octanol–water partition coefficient (Wildman–Crippen LogP) is 4.73. The van der Waals surface area contributed by atoms with Gasteiger partial charge in [0.25, 0.3) is 0 Å². The molecule has 0 aromatic rings. The molecule has 0 amide bonds. The average Bonchev–Trinajstić information content (AvgIpc) is 2.23. The third-order valence-electron chi connectivity index (χ3n) is 2.42. The van der Waals surface area contributed by atoms with Crippen molar-refractivity contribution < 1.29 is 14.6 Å². The molecule has 0 aromatic heterocycles. The van der Waals surface area contributed by atoms with E-state index in [1.54, 1.807) is 0 Å². The Hall–Kier alpha value is -0.990. The van der Waals surface area contributed by atoms with Crippen LogP contribution in [0.5, 0.6) is 0 Å². The Morgan fingerprint density at radius 1 is 1.12 bits per heavy atom. The standard InChI is InChI=1S/C13H24O3/c1-3-5-7-9-11-12(16-13(14)15)10-8-6-4-2/h10H,3-9,11H2,1-2H3,(H,14,15). The highest BCUT2D eigenvalue weighted by Gasteiger charge is 2.04. The average molecular weight is 228 g/mol. The fraction of sp³-hybridized carbons (Fsp3) is 0.769. The molecular formula is C13H24O3. The number of carboxylic acid groups (broad SMARTS) is 1. The van der Waals surface area contributed by atoms with Crippen LogP contribution in [0.15, 0.2) is 11.8 Å². The molecule has 0 radical (unpaired) electrons. The van der Waals surface area contributed by atoms with Crippen molar-refractivity contribution in [2.75, 3.05) is 0 Å². The second-order valence-corrected chi connectivity index (χ2v) is 3.99. The minimum absolute atomic E-state index is 0.622. The summed E-state index contributed by atoms with van der Waals surface area (Å²) in [4.78, 5) is 10.5. The van der Waals surface area contributed by atoms with Crippen LogP contribution in [0.25, 0.3) is 0 Å². The van der Waals surface area contributed by atoms with Gasteiger partial charge in [-0.25, -0.2) is 4.79 Å². The van der Waals surface area contributed by atoms with Crippen LogP contribution in [-0.4, -0.2) is 11.3 Å². The van der Waals surface area contributed by atoms with E-state index in [1.165, 1.54) is 12.8 Å². The summed E-state index contributed by atoms with van der Waals surface area (Å²) in [6, 6.07) is 0. The Morgan fingerprint density at radius 2 is 1.81 bits per heavy atom.